The molecule has 1 fully saturated rings. The van der Waals surface area contributed by atoms with Crippen LogP contribution in [0.5, 0.6) is 0 Å². The van der Waals surface area contributed by atoms with Gasteiger partial charge in [-0.15, -0.1) is 0 Å². The Morgan fingerprint density at radius 3 is 2.68 bits per heavy atom. The summed E-state index contributed by atoms with van der Waals surface area (Å²) in [5.41, 5.74) is 5.46. The van der Waals surface area contributed by atoms with Crippen LogP contribution in [0.15, 0.2) is 36.5 Å². The number of thiocarbonyl (C=S) groups is 1. The second kappa shape index (κ2) is 9.44. The third-order valence-electron chi connectivity index (χ3n) is 6.56. The molecule has 0 spiro atoms. The molecule has 5 rings (SSSR count). The summed E-state index contributed by atoms with van der Waals surface area (Å²) >= 11 is 11.7. The lowest BCUT2D eigenvalue weighted by Crippen LogP contribution is -2.42. The van der Waals surface area contributed by atoms with Gasteiger partial charge < -0.3 is 20.4 Å². The van der Waals surface area contributed by atoms with Crippen LogP contribution in [-0.4, -0.2) is 58.1 Å². The highest BCUT2D eigenvalue weighted by atomic mass is 35.5. The molecule has 0 atom stereocenters. The van der Waals surface area contributed by atoms with Crippen molar-refractivity contribution in [2.75, 3.05) is 42.7 Å². The predicted octanol–water partition coefficient (Wildman–Crippen LogP) is 5.07. The molecule has 0 saturated carbocycles. The lowest BCUT2D eigenvalue weighted by molar-refractivity contribution is 0.249. The molecule has 4 heterocycles. The second-order valence-electron chi connectivity index (χ2n) is 9.09. The molecule has 2 aliphatic heterocycles. The lowest BCUT2D eigenvalue weighted by Gasteiger charge is -2.36. The molecule has 2 N–H and O–H groups in total. The zero-order valence-electron chi connectivity index (χ0n) is 19.6. The van der Waals surface area contributed by atoms with Gasteiger partial charge in [0.25, 0.3) is 0 Å². The summed E-state index contributed by atoms with van der Waals surface area (Å²) in [6, 6.07) is 10.5. The predicted molar refractivity (Wildman–Crippen MR) is 144 cm³/mol. The number of nitrogens with zero attached hydrogens (tertiary/aromatic N) is 5. The fourth-order valence-corrected chi connectivity index (χ4v) is 5.05. The lowest BCUT2D eigenvalue weighted by atomic mass is 10.0. The SMILES string of the molecule is Cc1nc(N2CCC(N(C)C)CC2)ccc1Nc1ncc2c(n1)-c1ccc(Cl)cc1NC(=S)C2. The van der Waals surface area contributed by atoms with Crippen molar-refractivity contribution in [2.45, 2.75) is 32.2 Å². The summed E-state index contributed by atoms with van der Waals surface area (Å²) in [5.74, 6) is 1.55. The van der Waals surface area contributed by atoms with Gasteiger partial charge in [0.15, 0.2) is 0 Å². The first kappa shape index (κ1) is 23.0. The molecule has 3 aromatic rings. The number of pyridine rings is 1. The number of rotatable bonds is 4. The van der Waals surface area contributed by atoms with Crippen molar-refractivity contribution in [3.05, 3.63) is 52.8 Å². The Morgan fingerprint density at radius 2 is 1.94 bits per heavy atom. The molecule has 0 radical (unpaired) electrons. The highest BCUT2D eigenvalue weighted by Crippen LogP contribution is 2.35. The van der Waals surface area contributed by atoms with E-state index >= 15 is 0 Å². The van der Waals surface area contributed by atoms with Crippen molar-refractivity contribution < 1.29 is 0 Å². The molecule has 2 aromatic heterocycles. The second-order valence-corrected chi connectivity index (χ2v) is 10.0. The molecule has 0 bridgehead atoms. The zero-order valence-corrected chi connectivity index (χ0v) is 21.2. The van der Waals surface area contributed by atoms with Gasteiger partial charge in [0.1, 0.15) is 5.82 Å². The normalized spacial score (nSPS) is 16.0. The van der Waals surface area contributed by atoms with Crippen molar-refractivity contribution in [1.29, 1.82) is 0 Å². The molecule has 0 unspecified atom stereocenters. The largest absolute Gasteiger partial charge is 0.356 e. The molecule has 34 heavy (non-hydrogen) atoms. The first-order chi connectivity index (χ1) is 16.4. The van der Waals surface area contributed by atoms with Crippen LogP contribution in [0.4, 0.5) is 23.1 Å². The van der Waals surface area contributed by atoms with E-state index in [1.165, 1.54) is 0 Å². The average Bonchev–Trinajstić information content (AvgIpc) is 2.95. The monoisotopic (exact) mass is 493 g/mol. The third-order valence-corrected chi connectivity index (χ3v) is 7.04. The van der Waals surface area contributed by atoms with Gasteiger partial charge in [0.2, 0.25) is 5.95 Å². The fraction of sp³-hybridized carbons (Fsp3) is 0.360. The number of halogens is 1. The van der Waals surface area contributed by atoms with Crippen LogP contribution in [0, 0.1) is 6.92 Å². The van der Waals surface area contributed by atoms with Gasteiger partial charge in [0.05, 0.1) is 22.1 Å². The van der Waals surface area contributed by atoms with Gasteiger partial charge >= 0.3 is 0 Å². The van der Waals surface area contributed by atoms with E-state index in [1.54, 1.807) is 0 Å². The van der Waals surface area contributed by atoms with Gasteiger partial charge in [0, 0.05) is 53.6 Å². The van der Waals surface area contributed by atoms with Gasteiger partial charge in [-0.1, -0.05) is 23.8 Å². The Kier molecular flexibility index (Phi) is 6.38. The number of anilines is 4. The Labute approximate surface area is 210 Å². The molecule has 1 saturated heterocycles. The fourth-order valence-electron chi connectivity index (χ4n) is 4.61. The number of hydrogen-bond donors (Lipinski definition) is 2. The van der Waals surface area contributed by atoms with Crippen LogP contribution >= 0.6 is 23.8 Å². The van der Waals surface area contributed by atoms with Gasteiger partial charge in [-0.25, -0.2) is 15.0 Å². The van der Waals surface area contributed by atoms with Crippen molar-refractivity contribution in [2.24, 2.45) is 0 Å². The van der Waals surface area contributed by atoms with Gasteiger partial charge in [-0.3, -0.25) is 0 Å². The van der Waals surface area contributed by atoms with Crippen LogP contribution in [0.1, 0.15) is 24.1 Å². The molecule has 1 aromatic carbocycles. The number of benzene rings is 1. The summed E-state index contributed by atoms with van der Waals surface area (Å²) in [5, 5.41) is 7.29. The number of hydrogen-bond acceptors (Lipinski definition) is 7. The minimum Gasteiger partial charge on any atom is -0.356 e. The zero-order chi connectivity index (χ0) is 23.8. The summed E-state index contributed by atoms with van der Waals surface area (Å²) in [4.78, 5) is 19.7. The standard InChI is InChI=1S/C25H28ClN7S/c1-15-20(6-7-22(28-15)33-10-8-18(9-11-33)32(2)3)30-25-27-14-16-12-23(34)29-21-13-17(26)4-5-19(21)24(16)31-25/h4-7,13-14,18H,8-12H2,1-3H3,(H,29,34)(H,27,30,31). The van der Waals surface area contributed by atoms with E-state index in [1.807, 2.05) is 31.3 Å². The van der Waals surface area contributed by atoms with E-state index in [0.717, 1.165) is 70.6 Å². The van der Waals surface area contributed by atoms with Crippen LogP contribution in [0.2, 0.25) is 5.02 Å². The maximum Gasteiger partial charge on any atom is 0.227 e. The minimum absolute atomic E-state index is 0.525. The molecular weight excluding hydrogens is 466 g/mol. The smallest absolute Gasteiger partial charge is 0.227 e. The summed E-state index contributed by atoms with van der Waals surface area (Å²) in [7, 11) is 4.32. The highest BCUT2D eigenvalue weighted by Gasteiger charge is 2.22. The number of aryl methyl sites for hydroxylation is 1. The molecular formula is C25H28ClN7S. The Morgan fingerprint density at radius 1 is 1.15 bits per heavy atom. The van der Waals surface area contributed by atoms with Crippen molar-refractivity contribution in [3.63, 3.8) is 0 Å². The maximum absolute atomic E-state index is 6.21. The van der Waals surface area contributed by atoms with Crippen molar-refractivity contribution in [3.8, 4) is 11.3 Å². The van der Waals surface area contributed by atoms with E-state index in [9.17, 15) is 0 Å². The molecule has 0 aliphatic carbocycles. The van der Waals surface area contributed by atoms with E-state index in [-0.39, 0.29) is 0 Å². The van der Waals surface area contributed by atoms with E-state index in [0.29, 0.717) is 23.4 Å². The Balaban J connectivity index is 1.38. The topological polar surface area (TPSA) is 69.2 Å². The van der Waals surface area contributed by atoms with Crippen molar-refractivity contribution >= 4 is 51.9 Å². The summed E-state index contributed by atoms with van der Waals surface area (Å²) in [6.45, 7) is 4.06. The summed E-state index contributed by atoms with van der Waals surface area (Å²) in [6.07, 6.45) is 4.73. The molecule has 2 aliphatic rings. The van der Waals surface area contributed by atoms with Gasteiger partial charge in [-0.05, 0) is 64.2 Å². The van der Waals surface area contributed by atoms with Crippen LogP contribution in [0.3, 0.4) is 0 Å². The molecule has 0 amide bonds. The van der Waals surface area contributed by atoms with Gasteiger partial charge in [-0.2, -0.15) is 0 Å². The highest BCUT2D eigenvalue weighted by molar-refractivity contribution is 7.80. The Hall–Kier alpha value is -2.81. The van der Waals surface area contributed by atoms with E-state index in [4.69, 9.17) is 33.8 Å². The van der Waals surface area contributed by atoms with Crippen LogP contribution in [0.25, 0.3) is 11.3 Å². The molecule has 7 nitrogen and oxygen atoms in total. The van der Waals surface area contributed by atoms with E-state index < -0.39 is 0 Å². The maximum atomic E-state index is 6.21. The van der Waals surface area contributed by atoms with Crippen LogP contribution in [-0.2, 0) is 6.42 Å². The average molecular weight is 494 g/mol. The first-order valence-electron chi connectivity index (χ1n) is 11.5. The van der Waals surface area contributed by atoms with E-state index in [2.05, 4.69) is 51.6 Å². The summed E-state index contributed by atoms with van der Waals surface area (Å²) < 4.78 is 0. The number of aromatic nitrogens is 3. The first-order valence-corrected chi connectivity index (χ1v) is 12.3. The van der Waals surface area contributed by atoms with Crippen molar-refractivity contribution in [1.82, 2.24) is 19.9 Å². The third kappa shape index (κ3) is 4.71. The molecule has 9 heteroatoms. The van der Waals surface area contributed by atoms with Crippen LogP contribution < -0.4 is 15.5 Å². The minimum atomic E-state index is 0.525. The number of nitrogens with one attached hydrogen (secondary N) is 2. The quantitative estimate of drug-likeness (QED) is 0.488. The Bertz CT molecular complexity index is 1240. The molecule has 176 valence electrons. The number of piperidine rings is 1. The number of fused-ring (bicyclic) bond motifs is 3.